The number of nitrogens with one attached hydrogen (secondary N) is 1. The van der Waals surface area contributed by atoms with Crippen molar-refractivity contribution in [2.75, 3.05) is 25.2 Å². The average Bonchev–Trinajstić information content (AvgIpc) is 2.39. The summed E-state index contributed by atoms with van der Waals surface area (Å²) in [6, 6.07) is 10.1. The predicted octanol–water partition coefficient (Wildman–Crippen LogP) is 2.63. The first-order valence-corrected chi connectivity index (χ1v) is 7.55. The van der Waals surface area contributed by atoms with Crippen molar-refractivity contribution in [2.45, 2.75) is 19.4 Å². The summed E-state index contributed by atoms with van der Waals surface area (Å²) in [4.78, 5) is 11.2. The fourth-order valence-electron chi connectivity index (χ4n) is 1.56. The van der Waals surface area contributed by atoms with E-state index in [1.807, 2.05) is 31.4 Å². The van der Waals surface area contributed by atoms with Gasteiger partial charge >= 0.3 is 0 Å². The molecule has 0 saturated carbocycles. The Labute approximate surface area is 113 Å². The molecule has 1 atom stereocenters. The van der Waals surface area contributed by atoms with Gasteiger partial charge in [0.05, 0.1) is 11.9 Å². The molecule has 100 valence electrons. The largest absolute Gasteiger partial charge is 0.374 e. The summed E-state index contributed by atoms with van der Waals surface area (Å²) in [5.74, 6) is 0.625. The first-order chi connectivity index (χ1) is 8.74. The standard InChI is InChI=1S/C14H21NO2S/c1-12(13-7-4-3-5-8-13)17-10-6-9-15-14(16)11-18-2/h3-5,7-8,12H,6,9-11H2,1-2H3,(H,15,16). The molecule has 0 aromatic heterocycles. The van der Waals surface area contributed by atoms with Gasteiger partial charge in [-0.2, -0.15) is 11.8 Å². The lowest BCUT2D eigenvalue weighted by Gasteiger charge is -2.13. The SMILES string of the molecule is CSCC(=O)NCCCOC(C)c1ccccc1. The number of carbonyl (C=O) groups excluding carboxylic acids is 1. The van der Waals surface area contributed by atoms with E-state index in [1.54, 1.807) is 0 Å². The molecule has 0 bridgehead atoms. The number of hydrogen-bond acceptors (Lipinski definition) is 3. The third-order valence-electron chi connectivity index (χ3n) is 2.56. The Kier molecular flexibility index (Phi) is 7.53. The number of rotatable bonds is 8. The summed E-state index contributed by atoms with van der Waals surface area (Å²) in [6.07, 6.45) is 2.87. The first kappa shape index (κ1) is 15.1. The number of amides is 1. The molecule has 0 aliphatic heterocycles. The number of ether oxygens (including phenoxy) is 1. The molecule has 0 aliphatic carbocycles. The van der Waals surface area contributed by atoms with Crippen molar-refractivity contribution in [3.8, 4) is 0 Å². The second kappa shape index (κ2) is 9.00. The van der Waals surface area contributed by atoms with Crippen molar-refractivity contribution in [1.82, 2.24) is 5.32 Å². The lowest BCUT2D eigenvalue weighted by Crippen LogP contribution is -2.26. The molecule has 0 radical (unpaired) electrons. The van der Waals surface area contributed by atoms with Crippen LogP contribution in [0.4, 0.5) is 0 Å². The van der Waals surface area contributed by atoms with Gasteiger partial charge in [-0.3, -0.25) is 4.79 Å². The van der Waals surface area contributed by atoms with Crippen LogP contribution in [0.25, 0.3) is 0 Å². The van der Waals surface area contributed by atoms with Gasteiger partial charge in [-0.15, -0.1) is 0 Å². The highest BCUT2D eigenvalue weighted by Gasteiger charge is 2.04. The predicted molar refractivity (Wildman–Crippen MR) is 76.8 cm³/mol. The Morgan fingerprint density at radius 3 is 2.78 bits per heavy atom. The van der Waals surface area contributed by atoms with Crippen LogP contribution < -0.4 is 5.32 Å². The summed E-state index contributed by atoms with van der Waals surface area (Å²) >= 11 is 1.53. The first-order valence-electron chi connectivity index (χ1n) is 6.16. The van der Waals surface area contributed by atoms with Crippen LogP contribution in [0.5, 0.6) is 0 Å². The van der Waals surface area contributed by atoms with Crippen LogP contribution in [0.2, 0.25) is 0 Å². The van der Waals surface area contributed by atoms with E-state index in [9.17, 15) is 4.79 Å². The molecule has 18 heavy (non-hydrogen) atoms. The quantitative estimate of drug-likeness (QED) is 0.736. The Morgan fingerprint density at radius 2 is 2.11 bits per heavy atom. The summed E-state index contributed by atoms with van der Waals surface area (Å²) in [6.45, 7) is 3.39. The molecule has 0 saturated heterocycles. The molecular weight excluding hydrogens is 246 g/mol. The third-order valence-corrected chi connectivity index (χ3v) is 3.11. The minimum Gasteiger partial charge on any atom is -0.374 e. The van der Waals surface area contributed by atoms with Crippen molar-refractivity contribution < 1.29 is 9.53 Å². The highest BCUT2D eigenvalue weighted by Crippen LogP contribution is 2.15. The van der Waals surface area contributed by atoms with E-state index in [-0.39, 0.29) is 12.0 Å². The maximum atomic E-state index is 11.2. The molecule has 1 unspecified atom stereocenters. The molecule has 0 fully saturated rings. The van der Waals surface area contributed by atoms with Crippen molar-refractivity contribution in [3.05, 3.63) is 35.9 Å². The summed E-state index contributed by atoms with van der Waals surface area (Å²) < 4.78 is 5.71. The summed E-state index contributed by atoms with van der Waals surface area (Å²) in [5.41, 5.74) is 1.18. The Bertz CT molecular complexity index is 343. The molecule has 1 aromatic carbocycles. The summed E-state index contributed by atoms with van der Waals surface area (Å²) in [5, 5.41) is 2.86. The van der Waals surface area contributed by atoms with Gasteiger partial charge in [0.15, 0.2) is 0 Å². The molecule has 4 heteroatoms. The van der Waals surface area contributed by atoms with Gasteiger partial charge in [-0.05, 0) is 25.2 Å². The molecule has 1 amide bonds. The van der Waals surface area contributed by atoms with Crippen molar-refractivity contribution >= 4 is 17.7 Å². The Morgan fingerprint density at radius 1 is 1.39 bits per heavy atom. The molecule has 0 spiro atoms. The van der Waals surface area contributed by atoms with Gasteiger partial charge in [0.25, 0.3) is 0 Å². The van der Waals surface area contributed by atoms with E-state index in [2.05, 4.69) is 17.4 Å². The second-order valence-corrected chi connectivity index (χ2v) is 4.93. The normalized spacial score (nSPS) is 12.1. The van der Waals surface area contributed by atoms with Gasteiger partial charge in [0.1, 0.15) is 0 Å². The lowest BCUT2D eigenvalue weighted by molar-refractivity contribution is -0.118. The van der Waals surface area contributed by atoms with E-state index in [4.69, 9.17) is 4.74 Å². The van der Waals surface area contributed by atoms with Gasteiger partial charge < -0.3 is 10.1 Å². The molecule has 1 rings (SSSR count). The van der Waals surface area contributed by atoms with Crippen LogP contribution in [0.3, 0.4) is 0 Å². The number of hydrogen-bond donors (Lipinski definition) is 1. The maximum Gasteiger partial charge on any atom is 0.229 e. The molecule has 1 aromatic rings. The van der Waals surface area contributed by atoms with E-state index in [1.165, 1.54) is 17.3 Å². The van der Waals surface area contributed by atoms with Crippen LogP contribution in [-0.4, -0.2) is 31.1 Å². The third kappa shape index (κ3) is 6.07. The van der Waals surface area contributed by atoms with Crippen molar-refractivity contribution in [1.29, 1.82) is 0 Å². The second-order valence-electron chi connectivity index (χ2n) is 4.06. The highest BCUT2D eigenvalue weighted by atomic mass is 32.2. The van der Waals surface area contributed by atoms with Gasteiger partial charge in [-0.1, -0.05) is 30.3 Å². The van der Waals surface area contributed by atoms with Gasteiger partial charge in [-0.25, -0.2) is 0 Å². The van der Waals surface area contributed by atoms with Gasteiger partial charge in [0.2, 0.25) is 5.91 Å². The van der Waals surface area contributed by atoms with E-state index < -0.39 is 0 Å². The topological polar surface area (TPSA) is 38.3 Å². The number of benzene rings is 1. The minimum atomic E-state index is 0.0959. The molecule has 0 aliphatic rings. The van der Waals surface area contributed by atoms with Crippen LogP contribution in [0.15, 0.2) is 30.3 Å². The fourth-order valence-corrected chi connectivity index (χ4v) is 1.93. The molecule has 3 nitrogen and oxygen atoms in total. The molecule has 1 N–H and O–H groups in total. The zero-order chi connectivity index (χ0) is 13.2. The van der Waals surface area contributed by atoms with E-state index in [0.717, 1.165) is 6.42 Å². The van der Waals surface area contributed by atoms with Crippen LogP contribution in [0, 0.1) is 0 Å². The van der Waals surface area contributed by atoms with Crippen LogP contribution in [0.1, 0.15) is 25.0 Å². The highest BCUT2D eigenvalue weighted by molar-refractivity contribution is 7.99. The van der Waals surface area contributed by atoms with Crippen LogP contribution in [-0.2, 0) is 9.53 Å². The fraction of sp³-hybridized carbons (Fsp3) is 0.500. The van der Waals surface area contributed by atoms with E-state index >= 15 is 0 Å². The molecule has 0 heterocycles. The summed E-state index contributed by atoms with van der Waals surface area (Å²) in [7, 11) is 0. The number of carbonyl (C=O) groups is 1. The smallest absolute Gasteiger partial charge is 0.229 e. The Balaban J connectivity index is 2.09. The maximum absolute atomic E-state index is 11.2. The van der Waals surface area contributed by atoms with Crippen molar-refractivity contribution in [2.24, 2.45) is 0 Å². The van der Waals surface area contributed by atoms with Crippen molar-refractivity contribution in [3.63, 3.8) is 0 Å². The van der Waals surface area contributed by atoms with Crippen LogP contribution >= 0.6 is 11.8 Å². The Hall–Kier alpha value is -1.00. The molecular formula is C14H21NO2S. The minimum absolute atomic E-state index is 0.0959. The van der Waals surface area contributed by atoms with Gasteiger partial charge in [0, 0.05) is 13.2 Å². The lowest BCUT2D eigenvalue weighted by atomic mass is 10.1. The average molecular weight is 267 g/mol. The zero-order valence-electron chi connectivity index (χ0n) is 11.0. The zero-order valence-corrected chi connectivity index (χ0v) is 11.8. The number of thioether (sulfide) groups is 1. The monoisotopic (exact) mass is 267 g/mol. The van der Waals surface area contributed by atoms with E-state index in [0.29, 0.717) is 18.9 Å².